The normalized spacial score (nSPS) is 11.6. The van der Waals surface area contributed by atoms with Crippen molar-refractivity contribution in [2.75, 3.05) is 0 Å². The summed E-state index contributed by atoms with van der Waals surface area (Å²) in [7, 11) is 0. The van der Waals surface area contributed by atoms with Gasteiger partial charge in [-0.3, -0.25) is 0 Å². The Morgan fingerprint density at radius 3 is 1.71 bits per heavy atom. The quantitative estimate of drug-likeness (QED) is 0.168. The average Bonchev–Trinajstić information content (AvgIpc) is 3.64. The summed E-state index contributed by atoms with van der Waals surface area (Å²) in [5, 5.41) is 9.19. The van der Waals surface area contributed by atoms with Gasteiger partial charge in [-0.05, 0) is 78.8 Å². The van der Waals surface area contributed by atoms with Gasteiger partial charge >= 0.3 is 0 Å². The van der Waals surface area contributed by atoms with E-state index in [2.05, 4.69) is 164 Å². The van der Waals surface area contributed by atoms with E-state index < -0.39 is 0 Å². The molecule has 11 aromatic rings. The summed E-state index contributed by atoms with van der Waals surface area (Å²) in [5.41, 5.74) is 9.11. The van der Waals surface area contributed by atoms with E-state index in [1.807, 2.05) is 24.3 Å². The topological polar surface area (TPSA) is 51.8 Å². The highest BCUT2D eigenvalue weighted by Crippen LogP contribution is 2.42. The second kappa shape index (κ2) is 12.6. The van der Waals surface area contributed by atoms with Gasteiger partial charge in [0.15, 0.2) is 17.5 Å². The Hall–Kier alpha value is -7.43. The molecule has 0 saturated heterocycles. The van der Waals surface area contributed by atoms with Crippen molar-refractivity contribution in [1.29, 1.82) is 0 Å². The zero-order valence-electron chi connectivity index (χ0n) is 29.6. The Bertz CT molecular complexity index is 3260. The first kappa shape index (κ1) is 31.1. The minimum absolute atomic E-state index is 0.630. The Morgan fingerprint density at radius 1 is 0.291 bits per heavy atom. The smallest absolute Gasteiger partial charge is 0.164 e. The second-order valence-corrected chi connectivity index (χ2v) is 14.0. The van der Waals surface area contributed by atoms with Crippen LogP contribution in [0.1, 0.15) is 0 Å². The molecule has 2 aromatic heterocycles. The van der Waals surface area contributed by atoms with E-state index in [4.69, 9.17) is 19.4 Å². The van der Waals surface area contributed by atoms with E-state index >= 15 is 0 Å². The van der Waals surface area contributed by atoms with E-state index in [1.165, 1.54) is 16.2 Å². The molecule has 2 heterocycles. The van der Waals surface area contributed by atoms with Crippen LogP contribution in [0, 0.1) is 0 Å². The van der Waals surface area contributed by atoms with Crippen LogP contribution in [-0.4, -0.2) is 15.0 Å². The lowest BCUT2D eigenvalue weighted by Gasteiger charge is -2.13. The van der Waals surface area contributed by atoms with E-state index in [-0.39, 0.29) is 0 Å². The van der Waals surface area contributed by atoms with Gasteiger partial charge in [0.25, 0.3) is 0 Å². The summed E-state index contributed by atoms with van der Waals surface area (Å²) in [4.78, 5) is 15.4. The molecular formula is C51H31N3O. The number of benzene rings is 9. The fraction of sp³-hybridized carbons (Fsp3) is 0. The fourth-order valence-electron chi connectivity index (χ4n) is 8.09. The molecule has 0 N–H and O–H groups in total. The number of hydrogen-bond acceptors (Lipinski definition) is 4. The minimum atomic E-state index is 0.630. The summed E-state index contributed by atoms with van der Waals surface area (Å²) in [5.74, 6) is 1.90. The van der Waals surface area contributed by atoms with Crippen LogP contribution in [-0.2, 0) is 0 Å². The number of aromatic nitrogens is 3. The molecule has 0 bridgehead atoms. The van der Waals surface area contributed by atoms with Gasteiger partial charge in [0.05, 0.1) is 0 Å². The van der Waals surface area contributed by atoms with E-state index in [1.54, 1.807) is 0 Å². The molecule has 55 heavy (non-hydrogen) atoms. The summed E-state index contributed by atoms with van der Waals surface area (Å²) < 4.78 is 6.51. The number of rotatable bonds is 5. The molecule has 0 radical (unpaired) electrons. The van der Waals surface area contributed by atoms with Gasteiger partial charge in [0.2, 0.25) is 0 Å². The molecule has 0 saturated carbocycles. The molecule has 0 aliphatic rings. The average molecular weight is 702 g/mol. The van der Waals surface area contributed by atoms with Crippen LogP contribution < -0.4 is 0 Å². The van der Waals surface area contributed by atoms with Crippen molar-refractivity contribution in [2.45, 2.75) is 0 Å². The largest absolute Gasteiger partial charge is 0.456 e. The molecule has 0 aliphatic heterocycles. The number of hydrogen-bond donors (Lipinski definition) is 0. The number of nitrogens with zero attached hydrogens (tertiary/aromatic N) is 3. The number of fused-ring (bicyclic) bond motifs is 7. The molecule has 11 rings (SSSR count). The predicted molar refractivity (Wildman–Crippen MR) is 227 cm³/mol. The lowest BCUT2D eigenvalue weighted by molar-refractivity contribution is 0.669. The van der Waals surface area contributed by atoms with Crippen LogP contribution in [0.15, 0.2) is 192 Å². The van der Waals surface area contributed by atoms with Crippen molar-refractivity contribution in [3.63, 3.8) is 0 Å². The first-order chi connectivity index (χ1) is 27.2. The van der Waals surface area contributed by atoms with Crippen LogP contribution in [0.3, 0.4) is 0 Å². The highest BCUT2D eigenvalue weighted by Gasteiger charge is 2.19. The zero-order chi connectivity index (χ0) is 36.3. The van der Waals surface area contributed by atoms with Gasteiger partial charge in [-0.25, -0.2) is 15.0 Å². The lowest BCUT2D eigenvalue weighted by Crippen LogP contribution is -2.00. The molecule has 4 nitrogen and oxygen atoms in total. The minimum Gasteiger partial charge on any atom is -0.456 e. The third kappa shape index (κ3) is 5.26. The summed E-state index contributed by atoms with van der Waals surface area (Å²) in [6.45, 7) is 0. The van der Waals surface area contributed by atoms with Crippen LogP contribution in [0.4, 0.5) is 0 Å². The van der Waals surface area contributed by atoms with Crippen LogP contribution >= 0.6 is 0 Å². The molecule has 256 valence electrons. The van der Waals surface area contributed by atoms with E-state index in [0.29, 0.717) is 17.5 Å². The fourth-order valence-corrected chi connectivity index (χ4v) is 8.09. The predicted octanol–water partition coefficient (Wildman–Crippen LogP) is 13.6. The van der Waals surface area contributed by atoms with E-state index in [9.17, 15) is 0 Å². The Labute approximate surface area is 317 Å². The van der Waals surface area contributed by atoms with Gasteiger partial charge in [-0.2, -0.15) is 0 Å². The van der Waals surface area contributed by atoms with Crippen LogP contribution in [0.2, 0.25) is 0 Å². The van der Waals surface area contributed by atoms with Crippen molar-refractivity contribution < 1.29 is 4.42 Å². The maximum absolute atomic E-state index is 6.51. The molecule has 4 heteroatoms. The Balaban J connectivity index is 1.08. The molecule has 0 amide bonds. The van der Waals surface area contributed by atoms with Gasteiger partial charge in [-0.1, -0.05) is 164 Å². The van der Waals surface area contributed by atoms with Gasteiger partial charge in [0, 0.05) is 27.5 Å². The molecule has 9 aromatic carbocycles. The van der Waals surface area contributed by atoms with Crippen molar-refractivity contribution in [1.82, 2.24) is 15.0 Å². The Kier molecular flexibility index (Phi) is 7.14. The van der Waals surface area contributed by atoms with Crippen molar-refractivity contribution in [3.8, 4) is 56.4 Å². The highest BCUT2D eigenvalue weighted by molar-refractivity contribution is 6.16. The van der Waals surface area contributed by atoms with Crippen molar-refractivity contribution in [3.05, 3.63) is 188 Å². The molecule has 0 aliphatic carbocycles. The Morgan fingerprint density at radius 2 is 0.873 bits per heavy atom. The summed E-state index contributed by atoms with van der Waals surface area (Å²) in [6, 6.07) is 65.7. The van der Waals surface area contributed by atoms with E-state index in [0.717, 1.165) is 77.0 Å². The van der Waals surface area contributed by atoms with Gasteiger partial charge < -0.3 is 4.42 Å². The molecular weight excluding hydrogens is 671 g/mol. The van der Waals surface area contributed by atoms with Crippen molar-refractivity contribution in [2.24, 2.45) is 0 Å². The van der Waals surface area contributed by atoms with Crippen LogP contribution in [0.25, 0.3) is 111 Å². The number of furan rings is 1. The highest BCUT2D eigenvalue weighted by atomic mass is 16.3. The summed E-state index contributed by atoms with van der Waals surface area (Å²) >= 11 is 0. The molecule has 0 unspecified atom stereocenters. The SMILES string of the molecule is c1ccc(-c2ccc3c(c2)oc2cccc(-c4cccc5c(-c6nc(-c7ccccc7)nc(-c7ccc8c(ccc9ccccc98)c7)n6)cccc45)c23)cc1. The molecule has 0 spiro atoms. The third-order valence-electron chi connectivity index (χ3n) is 10.7. The maximum Gasteiger partial charge on any atom is 0.164 e. The first-order valence-corrected chi connectivity index (χ1v) is 18.5. The van der Waals surface area contributed by atoms with Gasteiger partial charge in [-0.15, -0.1) is 0 Å². The third-order valence-corrected chi connectivity index (χ3v) is 10.7. The van der Waals surface area contributed by atoms with Crippen molar-refractivity contribution >= 4 is 54.3 Å². The standard InChI is InChI=1S/C51H31N3O/c1-3-12-32(13-4-1)35-26-29-45-47(31-35)55-46-23-11-21-43(48(45)46)41-19-9-20-42-40(41)18-10-22-44(42)51-53-49(34-15-5-2-6-16-34)52-50(54-51)37-27-28-39-36(30-37)25-24-33-14-7-8-17-38(33)39/h1-31H. The second-order valence-electron chi connectivity index (χ2n) is 14.0. The monoisotopic (exact) mass is 701 g/mol. The summed E-state index contributed by atoms with van der Waals surface area (Å²) in [6.07, 6.45) is 0. The lowest BCUT2D eigenvalue weighted by atomic mass is 9.92. The zero-order valence-corrected chi connectivity index (χ0v) is 29.6. The molecule has 0 atom stereocenters. The maximum atomic E-state index is 6.51. The van der Waals surface area contributed by atoms with Crippen LogP contribution in [0.5, 0.6) is 0 Å². The first-order valence-electron chi connectivity index (χ1n) is 18.5. The molecule has 0 fully saturated rings. The van der Waals surface area contributed by atoms with Gasteiger partial charge in [0.1, 0.15) is 11.2 Å².